The Hall–Kier alpha value is -1.70. The summed E-state index contributed by atoms with van der Waals surface area (Å²) in [4.78, 5) is 2.04. The molecule has 2 nitrogen and oxygen atoms in total. The summed E-state index contributed by atoms with van der Waals surface area (Å²) in [5.74, 6) is 0.865. The van der Waals surface area contributed by atoms with Gasteiger partial charge in [-0.1, -0.05) is 18.7 Å². The van der Waals surface area contributed by atoms with Crippen LogP contribution in [0.2, 0.25) is 0 Å². The summed E-state index contributed by atoms with van der Waals surface area (Å²) in [6, 6.07) is 7.94. The van der Waals surface area contributed by atoms with Crippen LogP contribution in [-0.2, 0) is 0 Å². The molecule has 2 heteroatoms. The van der Waals surface area contributed by atoms with E-state index in [1.807, 2.05) is 55.4 Å². The van der Waals surface area contributed by atoms with Crippen molar-refractivity contribution >= 4 is 5.69 Å². The van der Waals surface area contributed by atoms with Gasteiger partial charge in [-0.2, -0.15) is 0 Å². The van der Waals surface area contributed by atoms with Crippen LogP contribution in [0.15, 0.2) is 48.7 Å². The number of benzene rings is 1. The lowest BCUT2D eigenvalue weighted by molar-refractivity contribution is 0.415. The van der Waals surface area contributed by atoms with Gasteiger partial charge in [0.15, 0.2) is 0 Å². The third-order valence-electron chi connectivity index (χ3n) is 2.18. The molecule has 0 fully saturated rings. The molecular formula is C13H17NO. The van der Waals surface area contributed by atoms with E-state index in [4.69, 9.17) is 4.74 Å². The Bertz CT molecular complexity index is 369. The number of anilines is 1. The van der Waals surface area contributed by atoms with E-state index in [9.17, 15) is 0 Å². The molecule has 0 aromatic heterocycles. The number of hydrogen-bond donors (Lipinski definition) is 0. The van der Waals surface area contributed by atoms with Gasteiger partial charge in [-0.05, 0) is 24.6 Å². The van der Waals surface area contributed by atoms with Gasteiger partial charge in [0, 0.05) is 25.0 Å². The Balaban J connectivity index is 2.90. The van der Waals surface area contributed by atoms with Crippen LogP contribution in [0.5, 0.6) is 5.75 Å². The molecular weight excluding hydrogens is 186 g/mol. The highest BCUT2D eigenvalue weighted by molar-refractivity contribution is 5.52. The van der Waals surface area contributed by atoms with E-state index in [2.05, 4.69) is 6.58 Å². The molecule has 0 amide bonds. The Morgan fingerprint density at radius 3 is 2.80 bits per heavy atom. The molecule has 0 saturated heterocycles. The van der Waals surface area contributed by atoms with Crippen molar-refractivity contribution in [3.63, 3.8) is 0 Å². The molecule has 0 N–H and O–H groups in total. The van der Waals surface area contributed by atoms with Crippen molar-refractivity contribution in [3.05, 3.63) is 48.7 Å². The molecule has 0 unspecified atom stereocenters. The largest absolute Gasteiger partial charge is 0.497 e. The predicted molar refractivity (Wildman–Crippen MR) is 65.4 cm³/mol. The monoisotopic (exact) mass is 203 g/mol. The molecule has 0 bridgehead atoms. The summed E-state index contributed by atoms with van der Waals surface area (Å²) in [5.41, 5.74) is 2.22. The van der Waals surface area contributed by atoms with Gasteiger partial charge in [-0.3, -0.25) is 0 Å². The van der Waals surface area contributed by atoms with Gasteiger partial charge in [0.1, 0.15) is 5.75 Å². The molecule has 0 radical (unpaired) electrons. The third-order valence-corrected chi connectivity index (χ3v) is 2.18. The second kappa shape index (κ2) is 5.25. The van der Waals surface area contributed by atoms with Crippen molar-refractivity contribution in [3.8, 4) is 5.75 Å². The molecule has 0 saturated carbocycles. The van der Waals surface area contributed by atoms with Crippen LogP contribution in [0.25, 0.3) is 0 Å². The normalized spacial score (nSPS) is 11.0. The van der Waals surface area contributed by atoms with Crippen molar-refractivity contribution in [2.45, 2.75) is 6.92 Å². The zero-order valence-corrected chi connectivity index (χ0v) is 9.53. The zero-order valence-electron chi connectivity index (χ0n) is 9.53. The Morgan fingerprint density at radius 2 is 2.20 bits per heavy atom. The van der Waals surface area contributed by atoms with Crippen molar-refractivity contribution in [2.24, 2.45) is 0 Å². The summed E-state index contributed by atoms with van der Waals surface area (Å²) in [5, 5.41) is 0. The van der Waals surface area contributed by atoms with E-state index in [1.54, 1.807) is 7.11 Å². The number of methoxy groups -OCH3 is 1. The smallest absolute Gasteiger partial charge is 0.120 e. The van der Waals surface area contributed by atoms with E-state index < -0.39 is 0 Å². The second-order valence-electron chi connectivity index (χ2n) is 3.39. The van der Waals surface area contributed by atoms with Gasteiger partial charge < -0.3 is 9.64 Å². The van der Waals surface area contributed by atoms with Crippen molar-refractivity contribution < 1.29 is 4.74 Å². The van der Waals surface area contributed by atoms with E-state index in [0.717, 1.165) is 17.0 Å². The Kier molecular flexibility index (Phi) is 3.98. The first-order chi connectivity index (χ1) is 7.17. The van der Waals surface area contributed by atoms with Crippen LogP contribution in [0.3, 0.4) is 0 Å². The zero-order chi connectivity index (χ0) is 11.3. The molecule has 1 aromatic rings. The summed E-state index contributed by atoms with van der Waals surface area (Å²) >= 11 is 0. The van der Waals surface area contributed by atoms with E-state index >= 15 is 0 Å². The molecule has 0 aliphatic carbocycles. The molecule has 0 aliphatic heterocycles. The number of allylic oxidation sites excluding steroid dienone is 2. The van der Waals surface area contributed by atoms with Crippen LogP contribution >= 0.6 is 0 Å². The second-order valence-corrected chi connectivity index (χ2v) is 3.39. The third kappa shape index (κ3) is 3.17. The van der Waals surface area contributed by atoms with Crippen LogP contribution in [-0.4, -0.2) is 14.2 Å². The molecule has 1 rings (SSSR count). The van der Waals surface area contributed by atoms with Crippen LogP contribution in [0.4, 0.5) is 5.69 Å². The molecule has 0 atom stereocenters. The average molecular weight is 203 g/mol. The van der Waals surface area contributed by atoms with E-state index in [1.165, 1.54) is 0 Å². The highest BCUT2D eigenvalue weighted by Crippen LogP contribution is 2.20. The lowest BCUT2D eigenvalue weighted by atomic mass is 10.2. The lowest BCUT2D eigenvalue weighted by Crippen LogP contribution is -2.08. The van der Waals surface area contributed by atoms with Gasteiger partial charge >= 0.3 is 0 Å². The molecule has 1 aromatic carbocycles. The minimum Gasteiger partial charge on any atom is -0.497 e. The van der Waals surface area contributed by atoms with Gasteiger partial charge in [0.25, 0.3) is 0 Å². The SMILES string of the molecule is C=C/C(C)=C\N(C)c1cccc(OC)c1. The highest BCUT2D eigenvalue weighted by atomic mass is 16.5. The maximum atomic E-state index is 5.17. The van der Waals surface area contributed by atoms with Crippen LogP contribution in [0, 0.1) is 0 Å². The minimum atomic E-state index is 0.865. The number of hydrogen-bond acceptors (Lipinski definition) is 2. The van der Waals surface area contributed by atoms with Crippen molar-refractivity contribution in [1.82, 2.24) is 0 Å². The number of rotatable bonds is 4. The fourth-order valence-corrected chi connectivity index (χ4v) is 1.26. The lowest BCUT2D eigenvalue weighted by Gasteiger charge is -2.15. The first-order valence-electron chi connectivity index (χ1n) is 4.85. The fraction of sp³-hybridized carbons (Fsp3) is 0.231. The van der Waals surface area contributed by atoms with E-state index in [-0.39, 0.29) is 0 Å². The Morgan fingerprint density at radius 1 is 1.47 bits per heavy atom. The molecule has 0 aliphatic rings. The van der Waals surface area contributed by atoms with Gasteiger partial charge in [-0.25, -0.2) is 0 Å². The first-order valence-corrected chi connectivity index (χ1v) is 4.85. The van der Waals surface area contributed by atoms with E-state index in [0.29, 0.717) is 0 Å². The first kappa shape index (κ1) is 11.4. The van der Waals surface area contributed by atoms with Gasteiger partial charge in [-0.15, -0.1) is 0 Å². The summed E-state index contributed by atoms with van der Waals surface area (Å²) < 4.78 is 5.17. The van der Waals surface area contributed by atoms with Crippen LogP contribution < -0.4 is 9.64 Å². The molecule has 15 heavy (non-hydrogen) atoms. The predicted octanol–water partition coefficient (Wildman–Crippen LogP) is 3.22. The maximum Gasteiger partial charge on any atom is 0.120 e. The molecule has 0 spiro atoms. The van der Waals surface area contributed by atoms with Crippen molar-refractivity contribution in [2.75, 3.05) is 19.1 Å². The molecule has 0 heterocycles. The van der Waals surface area contributed by atoms with Gasteiger partial charge in [0.05, 0.1) is 7.11 Å². The number of ether oxygens (including phenoxy) is 1. The van der Waals surface area contributed by atoms with Crippen molar-refractivity contribution in [1.29, 1.82) is 0 Å². The Labute approximate surface area is 91.5 Å². The van der Waals surface area contributed by atoms with Gasteiger partial charge in [0.2, 0.25) is 0 Å². The quantitative estimate of drug-likeness (QED) is 0.697. The topological polar surface area (TPSA) is 12.5 Å². The standard InChI is InChI=1S/C13H17NO/c1-5-11(2)10-14(3)12-7-6-8-13(9-12)15-4/h5-10H,1H2,2-4H3/b11-10-. The molecule has 80 valence electrons. The fourth-order valence-electron chi connectivity index (χ4n) is 1.26. The summed E-state index contributed by atoms with van der Waals surface area (Å²) in [7, 11) is 3.67. The van der Waals surface area contributed by atoms with Crippen LogP contribution in [0.1, 0.15) is 6.92 Å². The maximum absolute atomic E-state index is 5.17. The number of nitrogens with zero attached hydrogens (tertiary/aromatic N) is 1. The average Bonchev–Trinajstić information content (AvgIpc) is 2.28. The highest BCUT2D eigenvalue weighted by Gasteiger charge is 1.99. The minimum absolute atomic E-state index is 0.865. The summed E-state index contributed by atoms with van der Waals surface area (Å²) in [6.07, 6.45) is 3.86. The summed E-state index contributed by atoms with van der Waals surface area (Å²) in [6.45, 7) is 5.74.